The molecule has 31 heavy (non-hydrogen) atoms. The minimum absolute atomic E-state index is 0.0289. The lowest BCUT2D eigenvalue weighted by molar-refractivity contribution is -0.117. The van der Waals surface area contributed by atoms with Crippen molar-refractivity contribution in [2.75, 3.05) is 12.4 Å². The third-order valence-corrected chi connectivity index (χ3v) is 4.24. The molecule has 156 valence electrons. The summed E-state index contributed by atoms with van der Waals surface area (Å²) in [5.41, 5.74) is 0.671. The molecule has 2 aromatic heterocycles. The third-order valence-electron chi connectivity index (χ3n) is 4.24. The molecule has 0 aliphatic rings. The lowest BCUT2D eigenvalue weighted by Crippen LogP contribution is -2.29. The number of carbonyl (C=O) groups is 1. The molecule has 4 rings (SSSR count). The number of anilines is 1. The molecule has 0 aliphatic heterocycles. The van der Waals surface area contributed by atoms with E-state index in [1.54, 1.807) is 30.3 Å². The van der Waals surface area contributed by atoms with Crippen molar-refractivity contribution in [1.82, 2.24) is 19.9 Å². The van der Waals surface area contributed by atoms with Gasteiger partial charge >= 0.3 is 0 Å². The number of methoxy groups -OCH3 is 1. The van der Waals surface area contributed by atoms with Gasteiger partial charge in [-0.15, -0.1) is 0 Å². The molecular formula is C21H16FN5O4. The molecule has 0 aliphatic carbocycles. The number of amides is 1. The number of nitrogens with one attached hydrogen (secondary N) is 1. The number of aromatic nitrogens is 4. The lowest BCUT2D eigenvalue weighted by atomic mass is 10.2. The standard InChI is InChI=1S/C21H16FN5O4/c1-30-16-7-3-6-15(11-16)23-18(28)12-27-19(29)9-8-17(25-27)21-24-20(26-31-21)13-4-2-5-14(22)10-13/h2-11H,12H2,1H3,(H,23,28). The first kappa shape index (κ1) is 20.0. The van der Waals surface area contributed by atoms with Gasteiger partial charge in [0.15, 0.2) is 0 Å². The first-order valence-electron chi connectivity index (χ1n) is 9.14. The Morgan fingerprint density at radius 3 is 2.81 bits per heavy atom. The summed E-state index contributed by atoms with van der Waals surface area (Å²) in [6.07, 6.45) is 0. The zero-order valence-corrected chi connectivity index (χ0v) is 16.3. The Morgan fingerprint density at radius 1 is 1.16 bits per heavy atom. The number of carbonyl (C=O) groups excluding carboxylic acids is 1. The van der Waals surface area contributed by atoms with E-state index in [2.05, 4.69) is 20.6 Å². The molecule has 0 saturated carbocycles. The maximum absolute atomic E-state index is 13.4. The topological polar surface area (TPSA) is 112 Å². The van der Waals surface area contributed by atoms with E-state index in [0.717, 1.165) is 4.68 Å². The monoisotopic (exact) mass is 421 g/mol. The molecule has 1 N–H and O–H groups in total. The fraction of sp³-hybridized carbons (Fsp3) is 0.0952. The van der Waals surface area contributed by atoms with Crippen LogP contribution in [0.2, 0.25) is 0 Å². The highest BCUT2D eigenvalue weighted by Gasteiger charge is 2.15. The van der Waals surface area contributed by atoms with Crippen LogP contribution in [0.25, 0.3) is 23.0 Å². The van der Waals surface area contributed by atoms with Crippen LogP contribution in [0.1, 0.15) is 0 Å². The molecule has 0 unspecified atom stereocenters. The number of rotatable bonds is 6. The van der Waals surface area contributed by atoms with Gasteiger partial charge in [-0.05, 0) is 30.3 Å². The van der Waals surface area contributed by atoms with Gasteiger partial charge < -0.3 is 14.6 Å². The van der Waals surface area contributed by atoms with Crippen LogP contribution in [0.3, 0.4) is 0 Å². The fourth-order valence-electron chi connectivity index (χ4n) is 2.79. The Labute approximate surface area is 175 Å². The first-order chi connectivity index (χ1) is 15.0. The summed E-state index contributed by atoms with van der Waals surface area (Å²) in [5.74, 6) is -0.102. The molecule has 1 amide bonds. The van der Waals surface area contributed by atoms with Crippen molar-refractivity contribution in [3.63, 3.8) is 0 Å². The first-order valence-corrected chi connectivity index (χ1v) is 9.14. The second-order valence-electron chi connectivity index (χ2n) is 6.43. The van der Waals surface area contributed by atoms with Gasteiger partial charge in [0.05, 0.1) is 7.11 Å². The van der Waals surface area contributed by atoms with E-state index in [4.69, 9.17) is 9.26 Å². The number of benzene rings is 2. The Bertz CT molecular complexity index is 1300. The van der Waals surface area contributed by atoms with Gasteiger partial charge in [-0.25, -0.2) is 9.07 Å². The molecule has 0 spiro atoms. The molecule has 2 aromatic carbocycles. The van der Waals surface area contributed by atoms with Crippen LogP contribution in [0.4, 0.5) is 10.1 Å². The smallest absolute Gasteiger partial charge is 0.278 e. The van der Waals surface area contributed by atoms with Crippen molar-refractivity contribution in [2.24, 2.45) is 0 Å². The predicted octanol–water partition coefficient (Wildman–Crippen LogP) is 2.75. The largest absolute Gasteiger partial charge is 0.497 e. The van der Waals surface area contributed by atoms with Crippen molar-refractivity contribution in [3.8, 4) is 28.7 Å². The third kappa shape index (κ3) is 4.64. The van der Waals surface area contributed by atoms with Gasteiger partial charge in [0, 0.05) is 23.4 Å². The molecule has 4 aromatic rings. The summed E-state index contributed by atoms with van der Waals surface area (Å²) in [4.78, 5) is 28.7. The number of hydrogen-bond acceptors (Lipinski definition) is 7. The molecule has 0 atom stereocenters. The van der Waals surface area contributed by atoms with Crippen LogP contribution in [-0.4, -0.2) is 32.9 Å². The normalized spacial score (nSPS) is 10.6. The van der Waals surface area contributed by atoms with Gasteiger partial charge in [-0.2, -0.15) is 10.1 Å². The second-order valence-corrected chi connectivity index (χ2v) is 6.43. The molecule has 0 radical (unpaired) electrons. The molecule has 2 heterocycles. The SMILES string of the molecule is COc1cccc(NC(=O)Cn2nc(-c3nc(-c4cccc(F)c4)no3)ccc2=O)c1. The second kappa shape index (κ2) is 8.57. The fourth-order valence-corrected chi connectivity index (χ4v) is 2.79. The highest BCUT2D eigenvalue weighted by molar-refractivity contribution is 5.90. The molecular weight excluding hydrogens is 405 g/mol. The van der Waals surface area contributed by atoms with Crippen LogP contribution in [0.5, 0.6) is 5.75 Å². The zero-order chi connectivity index (χ0) is 21.8. The quantitative estimate of drug-likeness (QED) is 0.509. The van der Waals surface area contributed by atoms with Crippen LogP contribution in [0, 0.1) is 5.82 Å². The van der Waals surface area contributed by atoms with Gasteiger partial charge in [0.2, 0.25) is 11.7 Å². The summed E-state index contributed by atoms with van der Waals surface area (Å²) in [6, 6.07) is 15.2. The van der Waals surface area contributed by atoms with Crippen molar-refractivity contribution < 1.29 is 18.4 Å². The van der Waals surface area contributed by atoms with Crippen LogP contribution >= 0.6 is 0 Å². The van der Waals surface area contributed by atoms with Crippen LogP contribution < -0.4 is 15.6 Å². The van der Waals surface area contributed by atoms with Gasteiger partial charge in [0.1, 0.15) is 23.8 Å². The summed E-state index contributed by atoms with van der Waals surface area (Å²) in [7, 11) is 1.52. The minimum Gasteiger partial charge on any atom is -0.497 e. The zero-order valence-electron chi connectivity index (χ0n) is 16.3. The summed E-state index contributed by atoms with van der Waals surface area (Å²) in [6.45, 7) is -0.325. The van der Waals surface area contributed by atoms with E-state index in [0.29, 0.717) is 17.0 Å². The van der Waals surface area contributed by atoms with Crippen molar-refractivity contribution in [2.45, 2.75) is 6.54 Å². The van der Waals surface area contributed by atoms with Crippen molar-refractivity contribution in [3.05, 3.63) is 76.8 Å². The number of ether oxygens (including phenoxy) is 1. The lowest BCUT2D eigenvalue weighted by Gasteiger charge is -2.08. The Morgan fingerprint density at radius 2 is 2.00 bits per heavy atom. The Balaban J connectivity index is 1.53. The molecule has 0 fully saturated rings. The van der Waals surface area contributed by atoms with E-state index in [9.17, 15) is 14.0 Å². The number of hydrogen-bond donors (Lipinski definition) is 1. The molecule has 9 nitrogen and oxygen atoms in total. The molecule has 10 heteroatoms. The minimum atomic E-state index is -0.477. The molecule has 0 bridgehead atoms. The van der Waals surface area contributed by atoms with Crippen molar-refractivity contribution in [1.29, 1.82) is 0 Å². The average molecular weight is 421 g/mol. The summed E-state index contributed by atoms with van der Waals surface area (Å²) >= 11 is 0. The van der Waals surface area contributed by atoms with Crippen molar-refractivity contribution >= 4 is 11.6 Å². The maximum Gasteiger partial charge on any atom is 0.278 e. The summed E-state index contributed by atoms with van der Waals surface area (Å²) < 4.78 is 24.7. The van der Waals surface area contributed by atoms with Crippen LogP contribution in [-0.2, 0) is 11.3 Å². The maximum atomic E-state index is 13.4. The van der Waals surface area contributed by atoms with Gasteiger partial charge in [0.25, 0.3) is 11.4 Å². The van der Waals surface area contributed by atoms with E-state index >= 15 is 0 Å². The average Bonchev–Trinajstić information content (AvgIpc) is 3.26. The van der Waals surface area contributed by atoms with E-state index in [1.165, 1.54) is 37.4 Å². The van der Waals surface area contributed by atoms with E-state index < -0.39 is 17.3 Å². The summed E-state index contributed by atoms with van der Waals surface area (Å²) in [5, 5.41) is 10.6. The van der Waals surface area contributed by atoms with Crippen LogP contribution in [0.15, 0.2) is 70.0 Å². The molecule has 0 saturated heterocycles. The Hall–Kier alpha value is -4.34. The number of halogens is 1. The van der Waals surface area contributed by atoms with E-state index in [-0.39, 0.29) is 24.0 Å². The number of nitrogens with zero attached hydrogens (tertiary/aromatic N) is 4. The van der Waals surface area contributed by atoms with Gasteiger partial charge in [-0.3, -0.25) is 9.59 Å². The Kier molecular flexibility index (Phi) is 5.52. The highest BCUT2D eigenvalue weighted by Crippen LogP contribution is 2.21. The van der Waals surface area contributed by atoms with Gasteiger partial charge in [-0.1, -0.05) is 23.4 Å². The predicted molar refractivity (Wildman–Crippen MR) is 109 cm³/mol. The highest BCUT2D eigenvalue weighted by atomic mass is 19.1. The van der Waals surface area contributed by atoms with E-state index in [1.807, 2.05) is 0 Å².